The Hall–Kier alpha value is -1.76. The minimum absolute atomic E-state index is 0.0396. The Morgan fingerprint density at radius 2 is 2.20 bits per heavy atom. The molecule has 0 bridgehead atoms. The molecule has 1 saturated heterocycles. The number of carboxylic acids is 1. The van der Waals surface area contributed by atoms with E-state index in [0.717, 1.165) is 6.07 Å². The second-order valence-corrected chi connectivity index (χ2v) is 5.70. The SMILES string of the molecule is COc1cc(C(=O)N2C(C)SCC2C(=O)O)ccc1F. The predicted octanol–water partition coefficient (Wildman–Crippen LogP) is 1.82. The Bertz CT molecular complexity index is 551. The van der Waals surface area contributed by atoms with Gasteiger partial charge in [-0.3, -0.25) is 4.79 Å². The van der Waals surface area contributed by atoms with Crippen molar-refractivity contribution in [1.29, 1.82) is 0 Å². The van der Waals surface area contributed by atoms with Gasteiger partial charge < -0.3 is 14.7 Å². The van der Waals surface area contributed by atoms with Gasteiger partial charge >= 0.3 is 5.97 Å². The largest absolute Gasteiger partial charge is 0.494 e. The van der Waals surface area contributed by atoms with Crippen LogP contribution < -0.4 is 4.74 Å². The number of methoxy groups -OCH3 is 1. The zero-order chi connectivity index (χ0) is 14.9. The summed E-state index contributed by atoms with van der Waals surface area (Å²) < 4.78 is 18.2. The predicted molar refractivity (Wildman–Crippen MR) is 72.5 cm³/mol. The molecule has 1 fully saturated rings. The maximum atomic E-state index is 13.3. The van der Waals surface area contributed by atoms with Gasteiger partial charge in [-0.1, -0.05) is 0 Å². The molecule has 20 heavy (non-hydrogen) atoms. The van der Waals surface area contributed by atoms with Gasteiger partial charge in [0.25, 0.3) is 5.91 Å². The third kappa shape index (κ3) is 2.58. The Labute approximate surface area is 119 Å². The van der Waals surface area contributed by atoms with Crippen LogP contribution in [0.25, 0.3) is 0 Å². The van der Waals surface area contributed by atoms with Crippen molar-refractivity contribution in [2.45, 2.75) is 18.3 Å². The zero-order valence-electron chi connectivity index (χ0n) is 11.0. The van der Waals surface area contributed by atoms with Crippen molar-refractivity contribution in [1.82, 2.24) is 4.90 Å². The number of benzene rings is 1. The maximum Gasteiger partial charge on any atom is 0.327 e. The lowest BCUT2D eigenvalue weighted by molar-refractivity contribution is -0.141. The fourth-order valence-corrected chi connectivity index (χ4v) is 3.25. The Kier molecular flexibility index (Phi) is 4.17. The summed E-state index contributed by atoms with van der Waals surface area (Å²) in [6.45, 7) is 1.77. The van der Waals surface area contributed by atoms with Crippen LogP contribution >= 0.6 is 11.8 Å². The van der Waals surface area contributed by atoms with Gasteiger partial charge in [0.2, 0.25) is 0 Å². The van der Waals surface area contributed by atoms with E-state index in [9.17, 15) is 14.0 Å². The molecule has 1 aromatic rings. The molecule has 1 heterocycles. The number of halogens is 1. The number of ether oxygens (including phenoxy) is 1. The third-order valence-corrected chi connectivity index (χ3v) is 4.36. The second kappa shape index (κ2) is 5.70. The summed E-state index contributed by atoms with van der Waals surface area (Å²) in [6.07, 6.45) is 0. The van der Waals surface area contributed by atoms with Crippen LogP contribution in [0.15, 0.2) is 18.2 Å². The summed E-state index contributed by atoms with van der Waals surface area (Å²) in [6, 6.07) is 2.88. The van der Waals surface area contributed by atoms with Crippen LogP contribution in [-0.4, -0.2) is 46.2 Å². The standard InChI is InChI=1S/C13H14FNO4S/c1-7-15(10(6-20-7)13(17)18)12(16)8-3-4-9(14)11(5-8)19-2/h3-5,7,10H,6H2,1-2H3,(H,17,18). The number of thioether (sulfide) groups is 1. The molecule has 0 aliphatic carbocycles. The van der Waals surface area contributed by atoms with Crippen LogP contribution in [0.5, 0.6) is 5.75 Å². The molecule has 1 aliphatic rings. The molecule has 1 aliphatic heterocycles. The number of carbonyl (C=O) groups excluding carboxylic acids is 1. The van der Waals surface area contributed by atoms with E-state index >= 15 is 0 Å². The monoisotopic (exact) mass is 299 g/mol. The van der Waals surface area contributed by atoms with Gasteiger partial charge in [-0.05, 0) is 25.1 Å². The summed E-state index contributed by atoms with van der Waals surface area (Å²) in [5.74, 6) is -1.73. The highest BCUT2D eigenvalue weighted by Gasteiger charge is 2.39. The van der Waals surface area contributed by atoms with Crippen molar-refractivity contribution in [3.05, 3.63) is 29.6 Å². The van der Waals surface area contributed by atoms with Crippen LogP contribution in [0.3, 0.4) is 0 Å². The summed E-state index contributed by atoms with van der Waals surface area (Å²) >= 11 is 1.40. The number of carbonyl (C=O) groups is 2. The molecule has 2 atom stereocenters. The van der Waals surface area contributed by atoms with Crippen LogP contribution in [0.2, 0.25) is 0 Å². The van der Waals surface area contributed by atoms with Crippen molar-refractivity contribution in [3.63, 3.8) is 0 Å². The minimum atomic E-state index is -1.04. The van der Waals surface area contributed by atoms with Crippen molar-refractivity contribution in [2.24, 2.45) is 0 Å². The van der Waals surface area contributed by atoms with Crippen molar-refractivity contribution in [3.8, 4) is 5.75 Å². The van der Waals surface area contributed by atoms with Gasteiger partial charge in [0.15, 0.2) is 11.6 Å². The fraction of sp³-hybridized carbons (Fsp3) is 0.385. The summed E-state index contributed by atoms with van der Waals surface area (Å²) in [4.78, 5) is 24.9. The fourth-order valence-electron chi connectivity index (χ4n) is 2.08. The van der Waals surface area contributed by atoms with E-state index in [1.165, 1.54) is 35.9 Å². The average Bonchev–Trinajstić information content (AvgIpc) is 2.80. The van der Waals surface area contributed by atoms with Gasteiger partial charge in [0.1, 0.15) is 6.04 Å². The second-order valence-electron chi connectivity index (χ2n) is 4.35. The van der Waals surface area contributed by atoms with E-state index in [-0.39, 0.29) is 16.7 Å². The molecule has 0 radical (unpaired) electrons. The van der Waals surface area contributed by atoms with Crippen molar-refractivity contribution < 1.29 is 23.8 Å². The smallest absolute Gasteiger partial charge is 0.327 e. The average molecular weight is 299 g/mol. The topological polar surface area (TPSA) is 66.8 Å². The van der Waals surface area contributed by atoms with E-state index < -0.39 is 23.7 Å². The summed E-state index contributed by atoms with van der Waals surface area (Å²) in [5.41, 5.74) is 0.212. The normalized spacial score (nSPS) is 21.9. The van der Waals surface area contributed by atoms with Crippen LogP contribution in [-0.2, 0) is 4.79 Å². The summed E-state index contributed by atoms with van der Waals surface area (Å²) in [5, 5.41) is 8.91. The lowest BCUT2D eigenvalue weighted by atomic mass is 10.1. The van der Waals surface area contributed by atoms with Crippen LogP contribution in [0.4, 0.5) is 4.39 Å². The van der Waals surface area contributed by atoms with Crippen molar-refractivity contribution in [2.75, 3.05) is 12.9 Å². The highest BCUT2D eigenvalue weighted by molar-refractivity contribution is 8.00. The van der Waals surface area contributed by atoms with Gasteiger partial charge in [-0.15, -0.1) is 11.8 Å². The molecule has 0 saturated carbocycles. The molecule has 1 N–H and O–H groups in total. The van der Waals surface area contributed by atoms with E-state index in [1.54, 1.807) is 6.92 Å². The molecule has 1 amide bonds. The number of nitrogens with zero attached hydrogens (tertiary/aromatic N) is 1. The maximum absolute atomic E-state index is 13.3. The highest BCUT2D eigenvalue weighted by atomic mass is 32.2. The molecule has 1 aromatic carbocycles. The van der Waals surface area contributed by atoms with Gasteiger partial charge in [0, 0.05) is 11.3 Å². The van der Waals surface area contributed by atoms with E-state index in [2.05, 4.69) is 0 Å². The number of rotatable bonds is 3. The molecular weight excluding hydrogens is 285 g/mol. The molecule has 2 unspecified atom stereocenters. The Balaban J connectivity index is 2.32. The van der Waals surface area contributed by atoms with Gasteiger partial charge in [0.05, 0.1) is 12.5 Å². The first kappa shape index (κ1) is 14.6. The van der Waals surface area contributed by atoms with Crippen molar-refractivity contribution >= 4 is 23.6 Å². The number of hydrogen-bond acceptors (Lipinski definition) is 4. The van der Waals surface area contributed by atoms with E-state index in [4.69, 9.17) is 9.84 Å². The first-order valence-electron chi connectivity index (χ1n) is 5.96. The van der Waals surface area contributed by atoms with Gasteiger partial charge in [-0.2, -0.15) is 0 Å². The Morgan fingerprint density at radius 3 is 2.80 bits per heavy atom. The zero-order valence-corrected chi connectivity index (χ0v) is 11.8. The van der Waals surface area contributed by atoms with Gasteiger partial charge in [-0.25, -0.2) is 9.18 Å². The van der Waals surface area contributed by atoms with Crippen LogP contribution in [0.1, 0.15) is 17.3 Å². The third-order valence-electron chi connectivity index (χ3n) is 3.14. The minimum Gasteiger partial charge on any atom is -0.494 e. The molecule has 5 nitrogen and oxygen atoms in total. The van der Waals surface area contributed by atoms with Crippen LogP contribution in [0, 0.1) is 5.82 Å². The quantitative estimate of drug-likeness (QED) is 0.922. The Morgan fingerprint density at radius 1 is 1.50 bits per heavy atom. The number of hydrogen-bond donors (Lipinski definition) is 1. The van der Waals surface area contributed by atoms with E-state index in [1.807, 2.05) is 0 Å². The van der Waals surface area contributed by atoms with E-state index in [0.29, 0.717) is 5.75 Å². The molecule has 0 aromatic heterocycles. The lowest BCUT2D eigenvalue weighted by Gasteiger charge is -2.25. The molecule has 0 spiro atoms. The first-order chi connectivity index (χ1) is 9.45. The molecular formula is C13H14FNO4S. The number of aliphatic carboxylic acids is 1. The first-order valence-corrected chi connectivity index (χ1v) is 7.01. The summed E-state index contributed by atoms with van der Waals surface area (Å²) in [7, 11) is 1.31. The lowest BCUT2D eigenvalue weighted by Crippen LogP contribution is -2.44. The molecule has 2 rings (SSSR count). The number of amides is 1. The highest BCUT2D eigenvalue weighted by Crippen LogP contribution is 2.31. The molecule has 7 heteroatoms. The molecule has 108 valence electrons. The number of carboxylic acid groups (broad SMARTS) is 1.